The van der Waals surface area contributed by atoms with Gasteiger partial charge in [-0.1, -0.05) is 24.3 Å². The maximum Gasteiger partial charge on any atom is 0.349 e. The molecule has 1 saturated heterocycles. The molecule has 1 aliphatic heterocycles. The molecular weight excluding hydrogens is 360 g/mol. The van der Waals surface area contributed by atoms with E-state index in [2.05, 4.69) is 5.32 Å². The van der Waals surface area contributed by atoms with Gasteiger partial charge in [0.25, 0.3) is 5.91 Å². The molecule has 3 aromatic rings. The molecule has 142 valence electrons. The molecule has 1 atom stereocenters. The van der Waals surface area contributed by atoms with Crippen LogP contribution in [0.15, 0.2) is 63.8 Å². The number of benzene rings is 2. The fourth-order valence-corrected chi connectivity index (χ4v) is 3.32. The molecule has 0 bridgehead atoms. The van der Waals surface area contributed by atoms with E-state index in [-0.39, 0.29) is 17.9 Å². The lowest BCUT2D eigenvalue weighted by atomic mass is 10.1. The number of methoxy groups -OCH3 is 1. The average molecular weight is 378 g/mol. The third-order valence-corrected chi connectivity index (χ3v) is 4.71. The molecule has 2 amide bonds. The SMILES string of the molecule is COc1cccc(N2C[C@@H](NC(=O)c3cc4ccccc4oc3=O)CC2=O)c1. The van der Waals surface area contributed by atoms with Gasteiger partial charge >= 0.3 is 5.63 Å². The first kappa shape index (κ1) is 17.8. The minimum absolute atomic E-state index is 0.0778. The fourth-order valence-electron chi connectivity index (χ4n) is 3.32. The van der Waals surface area contributed by atoms with Crippen LogP contribution in [0.5, 0.6) is 5.75 Å². The molecule has 0 spiro atoms. The van der Waals surface area contributed by atoms with Crippen LogP contribution in [-0.4, -0.2) is 31.5 Å². The lowest BCUT2D eigenvalue weighted by Crippen LogP contribution is -2.39. The van der Waals surface area contributed by atoms with Crippen LogP contribution in [0.1, 0.15) is 16.8 Å². The van der Waals surface area contributed by atoms with Crippen molar-refractivity contribution in [3.8, 4) is 5.75 Å². The van der Waals surface area contributed by atoms with Gasteiger partial charge in [-0.25, -0.2) is 4.79 Å². The molecule has 7 nitrogen and oxygen atoms in total. The van der Waals surface area contributed by atoms with Crippen LogP contribution in [-0.2, 0) is 4.79 Å². The Morgan fingerprint density at radius 2 is 1.96 bits per heavy atom. The second-order valence-electron chi connectivity index (χ2n) is 6.57. The standard InChI is InChI=1S/C21H18N2O5/c1-27-16-7-4-6-15(11-16)23-12-14(10-19(23)24)22-20(25)17-9-13-5-2-3-8-18(13)28-21(17)26/h2-9,11,14H,10,12H2,1H3,(H,22,25)/t14-/m0/s1. The fraction of sp³-hybridized carbons (Fsp3) is 0.190. The van der Waals surface area contributed by atoms with E-state index < -0.39 is 17.6 Å². The van der Waals surface area contributed by atoms with Gasteiger partial charge in [0.1, 0.15) is 16.9 Å². The number of fused-ring (bicyclic) bond motifs is 1. The van der Waals surface area contributed by atoms with Gasteiger partial charge < -0.3 is 19.4 Å². The van der Waals surface area contributed by atoms with Crippen LogP contribution < -0.4 is 20.6 Å². The Morgan fingerprint density at radius 3 is 2.79 bits per heavy atom. The molecule has 0 unspecified atom stereocenters. The summed E-state index contributed by atoms with van der Waals surface area (Å²) in [4.78, 5) is 38.7. The number of nitrogens with zero attached hydrogens (tertiary/aromatic N) is 1. The number of ether oxygens (including phenoxy) is 1. The molecular formula is C21H18N2O5. The summed E-state index contributed by atoms with van der Waals surface area (Å²) >= 11 is 0. The molecule has 0 radical (unpaired) electrons. The number of rotatable bonds is 4. The number of hydrogen-bond donors (Lipinski definition) is 1. The highest BCUT2D eigenvalue weighted by molar-refractivity contribution is 6.00. The average Bonchev–Trinajstić information content (AvgIpc) is 3.07. The summed E-state index contributed by atoms with van der Waals surface area (Å²) in [5.74, 6) is -0.0135. The van der Waals surface area contributed by atoms with Gasteiger partial charge in [-0.05, 0) is 24.3 Å². The Kier molecular flexibility index (Phi) is 4.57. The zero-order valence-corrected chi connectivity index (χ0v) is 15.2. The quantitative estimate of drug-likeness (QED) is 0.704. The molecule has 0 aliphatic carbocycles. The predicted molar refractivity (Wildman–Crippen MR) is 104 cm³/mol. The third kappa shape index (κ3) is 3.34. The number of nitrogens with one attached hydrogen (secondary N) is 1. The first-order valence-corrected chi connectivity index (χ1v) is 8.83. The molecule has 2 aromatic carbocycles. The van der Waals surface area contributed by atoms with Gasteiger partial charge in [0.2, 0.25) is 5.91 Å². The third-order valence-electron chi connectivity index (χ3n) is 4.71. The highest BCUT2D eigenvalue weighted by Gasteiger charge is 2.32. The van der Waals surface area contributed by atoms with Gasteiger partial charge in [0.05, 0.1) is 13.2 Å². The van der Waals surface area contributed by atoms with Crippen molar-refractivity contribution < 1.29 is 18.7 Å². The van der Waals surface area contributed by atoms with E-state index in [9.17, 15) is 14.4 Å². The van der Waals surface area contributed by atoms with Crippen molar-refractivity contribution in [3.63, 3.8) is 0 Å². The van der Waals surface area contributed by atoms with E-state index in [0.29, 0.717) is 29.0 Å². The lowest BCUT2D eigenvalue weighted by molar-refractivity contribution is -0.117. The van der Waals surface area contributed by atoms with E-state index >= 15 is 0 Å². The van der Waals surface area contributed by atoms with Crippen LogP contribution in [0.3, 0.4) is 0 Å². The largest absolute Gasteiger partial charge is 0.497 e. The van der Waals surface area contributed by atoms with Crippen molar-refractivity contribution in [2.75, 3.05) is 18.6 Å². The summed E-state index contributed by atoms with van der Waals surface area (Å²) in [5, 5.41) is 3.43. The van der Waals surface area contributed by atoms with E-state index in [0.717, 1.165) is 0 Å². The van der Waals surface area contributed by atoms with E-state index in [4.69, 9.17) is 9.15 Å². The molecule has 0 saturated carbocycles. The van der Waals surface area contributed by atoms with Gasteiger partial charge in [-0.3, -0.25) is 9.59 Å². The maximum absolute atomic E-state index is 12.6. The predicted octanol–water partition coefficient (Wildman–Crippen LogP) is 2.34. The van der Waals surface area contributed by atoms with E-state index in [1.165, 1.54) is 6.07 Å². The van der Waals surface area contributed by atoms with Crippen LogP contribution >= 0.6 is 0 Å². The number of anilines is 1. The number of amides is 2. The smallest absolute Gasteiger partial charge is 0.349 e. The minimum Gasteiger partial charge on any atom is -0.497 e. The van der Waals surface area contributed by atoms with Crippen LogP contribution in [0.2, 0.25) is 0 Å². The second kappa shape index (κ2) is 7.19. The number of para-hydroxylation sites is 1. The number of carbonyl (C=O) groups is 2. The summed E-state index contributed by atoms with van der Waals surface area (Å²) in [7, 11) is 1.56. The Hall–Kier alpha value is -3.61. The normalized spacial score (nSPS) is 16.4. The molecule has 2 heterocycles. The van der Waals surface area contributed by atoms with Crippen molar-refractivity contribution in [2.24, 2.45) is 0 Å². The summed E-state index contributed by atoms with van der Waals surface area (Å²) in [5.41, 5.74) is 0.340. The van der Waals surface area contributed by atoms with Gasteiger partial charge in [0.15, 0.2) is 0 Å². The Labute approximate surface area is 160 Å². The Balaban J connectivity index is 1.52. The zero-order valence-electron chi connectivity index (χ0n) is 15.2. The summed E-state index contributed by atoms with van der Waals surface area (Å²) in [6.07, 6.45) is 0.155. The first-order chi connectivity index (χ1) is 13.5. The monoisotopic (exact) mass is 378 g/mol. The summed E-state index contributed by atoms with van der Waals surface area (Å²) in [6.45, 7) is 0.316. The lowest BCUT2D eigenvalue weighted by Gasteiger charge is -2.18. The molecule has 28 heavy (non-hydrogen) atoms. The highest BCUT2D eigenvalue weighted by Crippen LogP contribution is 2.25. The van der Waals surface area contributed by atoms with Gasteiger partial charge in [-0.2, -0.15) is 0 Å². The Bertz CT molecular complexity index is 1120. The minimum atomic E-state index is -0.704. The molecule has 1 aromatic heterocycles. The topological polar surface area (TPSA) is 88.8 Å². The van der Waals surface area contributed by atoms with Crippen molar-refractivity contribution in [1.29, 1.82) is 0 Å². The highest BCUT2D eigenvalue weighted by atomic mass is 16.5. The molecule has 1 fully saturated rings. The van der Waals surface area contributed by atoms with Gasteiger partial charge in [-0.15, -0.1) is 0 Å². The maximum atomic E-state index is 12.6. The number of carbonyl (C=O) groups excluding carboxylic acids is 2. The summed E-state index contributed by atoms with van der Waals surface area (Å²) in [6, 6.07) is 15.2. The Morgan fingerprint density at radius 1 is 1.14 bits per heavy atom. The van der Waals surface area contributed by atoms with Crippen molar-refractivity contribution in [1.82, 2.24) is 5.32 Å². The van der Waals surface area contributed by atoms with Crippen molar-refractivity contribution in [3.05, 3.63) is 70.6 Å². The second-order valence-corrected chi connectivity index (χ2v) is 6.57. The van der Waals surface area contributed by atoms with E-state index in [1.54, 1.807) is 54.5 Å². The molecule has 1 N–H and O–H groups in total. The van der Waals surface area contributed by atoms with Gasteiger partial charge in [0, 0.05) is 30.1 Å². The molecule has 1 aliphatic rings. The van der Waals surface area contributed by atoms with Crippen molar-refractivity contribution in [2.45, 2.75) is 12.5 Å². The first-order valence-electron chi connectivity index (χ1n) is 8.83. The van der Waals surface area contributed by atoms with E-state index in [1.807, 2.05) is 6.07 Å². The van der Waals surface area contributed by atoms with Crippen molar-refractivity contribution >= 4 is 28.5 Å². The molecule has 4 rings (SSSR count). The zero-order chi connectivity index (χ0) is 19.7. The van der Waals surface area contributed by atoms with Crippen LogP contribution in [0, 0.1) is 0 Å². The molecule has 7 heteroatoms. The number of hydrogen-bond acceptors (Lipinski definition) is 5. The summed E-state index contributed by atoms with van der Waals surface area (Å²) < 4.78 is 10.4. The van der Waals surface area contributed by atoms with Crippen LogP contribution in [0.25, 0.3) is 11.0 Å². The van der Waals surface area contributed by atoms with Crippen LogP contribution in [0.4, 0.5) is 5.69 Å².